The first-order chi connectivity index (χ1) is 8.50. The van der Waals surface area contributed by atoms with Crippen LogP contribution in [0.3, 0.4) is 0 Å². The van der Waals surface area contributed by atoms with Gasteiger partial charge in [-0.15, -0.1) is 0 Å². The van der Waals surface area contributed by atoms with E-state index in [1.165, 1.54) is 0 Å². The van der Waals surface area contributed by atoms with Crippen LogP contribution in [0.2, 0.25) is 5.02 Å². The summed E-state index contributed by atoms with van der Waals surface area (Å²) in [5.41, 5.74) is 1.11. The van der Waals surface area contributed by atoms with Crippen LogP contribution in [-0.4, -0.2) is 11.9 Å². The molecule has 2 rings (SSSR count). The zero-order valence-corrected chi connectivity index (χ0v) is 11.9. The van der Waals surface area contributed by atoms with Gasteiger partial charge in [0.05, 0.1) is 0 Å². The minimum atomic E-state index is 0.103. The summed E-state index contributed by atoms with van der Waals surface area (Å²) in [5.74, 6) is 1.04. The molecule has 1 aliphatic carbocycles. The minimum absolute atomic E-state index is 0.103. The van der Waals surface area contributed by atoms with Crippen LogP contribution in [0.4, 0.5) is 0 Å². The lowest BCUT2D eigenvalue weighted by Crippen LogP contribution is -2.37. The Morgan fingerprint density at radius 3 is 2.61 bits per heavy atom. The highest BCUT2D eigenvalue weighted by molar-refractivity contribution is 6.31. The van der Waals surface area contributed by atoms with Gasteiger partial charge in [0.1, 0.15) is 0 Å². The third kappa shape index (κ3) is 2.86. The van der Waals surface area contributed by atoms with Crippen LogP contribution in [0.1, 0.15) is 38.7 Å². The molecule has 0 heterocycles. The van der Waals surface area contributed by atoms with Crippen molar-refractivity contribution < 1.29 is 4.79 Å². The van der Waals surface area contributed by atoms with Gasteiger partial charge in [0.25, 0.3) is 0 Å². The summed E-state index contributed by atoms with van der Waals surface area (Å²) >= 11 is 6.15. The van der Waals surface area contributed by atoms with Gasteiger partial charge < -0.3 is 5.32 Å². The van der Waals surface area contributed by atoms with E-state index in [9.17, 15) is 4.79 Å². The first kappa shape index (κ1) is 13.4. The predicted molar refractivity (Wildman–Crippen MR) is 74.7 cm³/mol. The molecule has 98 valence electrons. The molecule has 3 unspecified atom stereocenters. The Kier molecular flexibility index (Phi) is 3.96. The highest BCUT2D eigenvalue weighted by Gasteiger charge is 2.45. The maximum absolute atomic E-state index is 12.1. The number of carbonyl (C=O) groups is 1. The summed E-state index contributed by atoms with van der Waals surface area (Å²) in [6, 6.07) is 8.03. The number of carbonyl (C=O) groups excluding carboxylic acids is 1. The Labute approximate surface area is 114 Å². The van der Waals surface area contributed by atoms with E-state index in [-0.39, 0.29) is 17.9 Å². The van der Waals surface area contributed by atoms with Crippen molar-refractivity contribution in [1.29, 1.82) is 0 Å². The zero-order chi connectivity index (χ0) is 13.3. The lowest BCUT2D eigenvalue weighted by Gasteiger charge is -2.17. The topological polar surface area (TPSA) is 29.1 Å². The van der Waals surface area contributed by atoms with Gasteiger partial charge in [0, 0.05) is 17.0 Å². The van der Waals surface area contributed by atoms with Crippen LogP contribution in [0.5, 0.6) is 0 Å². The Hall–Kier alpha value is -1.02. The molecule has 3 atom stereocenters. The number of halogens is 1. The molecule has 0 aliphatic heterocycles. The molecule has 1 amide bonds. The van der Waals surface area contributed by atoms with Gasteiger partial charge >= 0.3 is 0 Å². The molecule has 18 heavy (non-hydrogen) atoms. The maximum Gasteiger partial charge on any atom is 0.223 e. The Bertz CT molecular complexity index is 444. The fourth-order valence-corrected chi connectivity index (χ4v) is 2.38. The Balaban J connectivity index is 1.95. The largest absolute Gasteiger partial charge is 0.353 e. The number of amides is 1. The van der Waals surface area contributed by atoms with E-state index >= 15 is 0 Å². The minimum Gasteiger partial charge on any atom is -0.353 e. The van der Waals surface area contributed by atoms with Crippen molar-refractivity contribution in [1.82, 2.24) is 5.32 Å². The van der Waals surface area contributed by atoms with Crippen LogP contribution in [-0.2, 0) is 4.79 Å². The van der Waals surface area contributed by atoms with E-state index in [1.807, 2.05) is 24.3 Å². The van der Waals surface area contributed by atoms with Gasteiger partial charge in [0.15, 0.2) is 0 Å². The summed E-state index contributed by atoms with van der Waals surface area (Å²) in [6.07, 6.45) is 0.917. The van der Waals surface area contributed by atoms with Gasteiger partial charge in [0.2, 0.25) is 5.91 Å². The van der Waals surface area contributed by atoms with Gasteiger partial charge in [-0.05, 0) is 36.8 Å². The molecule has 0 saturated heterocycles. The fourth-order valence-electron chi connectivity index (χ4n) is 2.10. The molecule has 1 N–H and O–H groups in total. The second-order valence-corrected chi connectivity index (χ2v) is 5.92. The van der Waals surface area contributed by atoms with Crippen LogP contribution in [0.15, 0.2) is 24.3 Å². The number of benzene rings is 1. The number of rotatable bonds is 4. The molecule has 0 bridgehead atoms. The number of hydrogen-bond acceptors (Lipinski definition) is 1. The second kappa shape index (κ2) is 5.31. The molecule has 1 aromatic carbocycles. The second-order valence-electron chi connectivity index (χ2n) is 5.51. The van der Waals surface area contributed by atoms with E-state index < -0.39 is 0 Å². The zero-order valence-electron chi connectivity index (χ0n) is 11.1. The van der Waals surface area contributed by atoms with E-state index in [0.29, 0.717) is 11.8 Å². The van der Waals surface area contributed by atoms with E-state index in [4.69, 9.17) is 11.6 Å². The average Bonchev–Trinajstić information content (AvgIpc) is 3.09. The van der Waals surface area contributed by atoms with Crippen molar-refractivity contribution in [3.8, 4) is 0 Å². The summed E-state index contributed by atoms with van der Waals surface area (Å²) < 4.78 is 0. The first-order valence-electron chi connectivity index (χ1n) is 6.55. The quantitative estimate of drug-likeness (QED) is 0.885. The van der Waals surface area contributed by atoms with Crippen LogP contribution >= 0.6 is 11.6 Å². The van der Waals surface area contributed by atoms with Crippen molar-refractivity contribution in [3.05, 3.63) is 34.9 Å². The Morgan fingerprint density at radius 2 is 2.00 bits per heavy atom. The average molecular weight is 266 g/mol. The van der Waals surface area contributed by atoms with Gasteiger partial charge in [-0.2, -0.15) is 0 Å². The summed E-state index contributed by atoms with van der Waals surface area (Å²) in [5, 5.41) is 3.85. The molecule has 0 aromatic heterocycles. The monoisotopic (exact) mass is 265 g/mol. The van der Waals surface area contributed by atoms with E-state index in [0.717, 1.165) is 17.0 Å². The molecule has 0 radical (unpaired) electrons. The highest BCUT2D eigenvalue weighted by Crippen LogP contribution is 2.49. The molecule has 1 saturated carbocycles. The van der Waals surface area contributed by atoms with Gasteiger partial charge in [-0.1, -0.05) is 43.6 Å². The standard InChI is InChI=1S/C15H20ClNO/c1-9(2)10(3)17-15(18)13-8-12(13)11-6-4-5-7-14(11)16/h4-7,9-10,12-13H,8H2,1-3H3,(H,17,18). The van der Waals surface area contributed by atoms with Crippen molar-refractivity contribution in [2.75, 3.05) is 0 Å². The SMILES string of the molecule is CC(C)C(C)NC(=O)C1CC1c1ccccc1Cl. The molecular formula is C15H20ClNO. The fraction of sp³-hybridized carbons (Fsp3) is 0.533. The van der Waals surface area contributed by atoms with E-state index in [2.05, 4.69) is 26.1 Å². The summed E-state index contributed by atoms with van der Waals surface area (Å²) in [7, 11) is 0. The normalized spacial score (nSPS) is 23.8. The van der Waals surface area contributed by atoms with E-state index in [1.54, 1.807) is 0 Å². The molecule has 1 aliphatic rings. The third-order valence-corrected chi connectivity index (χ3v) is 4.15. The molecule has 2 nitrogen and oxygen atoms in total. The van der Waals surface area contributed by atoms with Crippen molar-refractivity contribution in [2.45, 2.75) is 39.2 Å². The number of hydrogen-bond donors (Lipinski definition) is 1. The molecule has 3 heteroatoms. The summed E-state index contributed by atoms with van der Waals surface area (Å²) in [6.45, 7) is 6.28. The molecular weight excluding hydrogens is 246 g/mol. The first-order valence-corrected chi connectivity index (χ1v) is 6.93. The maximum atomic E-state index is 12.1. The molecule has 0 spiro atoms. The van der Waals surface area contributed by atoms with Gasteiger partial charge in [-0.25, -0.2) is 0 Å². The van der Waals surface area contributed by atoms with Crippen LogP contribution < -0.4 is 5.32 Å². The Morgan fingerprint density at radius 1 is 1.33 bits per heavy atom. The lowest BCUT2D eigenvalue weighted by molar-refractivity contribution is -0.123. The van der Waals surface area contributed by atoms with Crippen molar-refractivity contribution in [2.24, 2.45) is 11.8 Å². The van der Waals surface area contributed by atoms with Crippen molar-refractivity contribution in [3.63, 3.8) is 0 Å². The molecule has 1 fully saturated rings. The van der Waals surface area contributed by atoms with Crippen molar-refractivity contribution >= 4 is 17.5 Å². The smallest absolute Gasteiger partial charge is 0.223 e. The van der Waals surface area contributed by atoms with Crippen LogP contribution in [0, 0.1) is 11.8 Å². The summed E-state index contributed by atoms with van der Waals surface area (Å²) in [4.78, 5) is 12.1. The predicted octanol–water partition coefficient (Wildman–Crippen LogP) is 3.60. The number of nitrogens with one attached hydrogen (secondary N) is 1. The molecule has 1 aromatic rings. The lowest BCUT2D eigenvalue weighted by atomic mass is 10.1. The van der Waals surface area contributed by atoms with Crippen LogP contribution in [0.25, 0.3) is 0 Å². The van der Waals surface area contributed by atoms with Gasteiger partial charge in [-0.3, -0.25) is 4.79 Å². The highest BCUT2D eigenvalue weighted by atomic mass is 35.5. The third-order valence-electron chi connectivity index (χ3n) is 3.80.